The molecule has 5 heteroatoms. The van der Waals surface area contributed by atoms with Gasteiger partial charge in [-0.2, -0.15) is 0 Å². The summed E-state index contributed by atoms with van der Waals surface area (Å²) in [4.78, 5) is 20.9. The Morgan fingerprint density at radius 1 is 0.919 bits per heavy atom. The van der Waals surface area contributed by atoms with Crippen LogP contribution in [0.2, 0.25) is 0 Å². The fourth-order valence-corrected chi connectivity index (χ4v) is 4.80. The summed E-state index contributed by atoms with van der Waals surface area (Å²) in [7, 11) is 1.65. The quantitative estimate of drug-likeness (QED) is 0.261. The summed E-state index contributed by atoms with van der Waals surface area (Å²) in [6.45, 7) is 11.1. The van der Waals surface area contributed by atoms with Gasteiger partial charge in [0.25, 0.3) is 5.91 Å². The first kappa shape index (κ1) is 26.4. The maximum Gasteiger partial charge on any atom is 0.252 e. The lowest BCUT2D eigenvalue weighted by molar-refractivity contribution is 0.0936. The van der Waals surface area contributed by atoms with Crippen molar-refractivity contribution in [3.8, 4) is 17.0 Å². The van der Waals surface area contributed by atoms with Crippen molar-refractivity contribution in [1.82, 2.24) is 15.2 Å². The number of fused-ring (bicyclic) bond motifs is 1. The molecule has 0 radical (unpaired) electrons. The van der Waals surface area contributed by atoms with Gasteiger partial charge < -0.3 is 10.1 Å². The third-order valence-electron chi connectivity index (χ3n) is 7.02. The van der Waals surface area contributed by atoms with Gasteiger partial charge in [-0.25, -0.2) is 4.98 Å². The number of aromatic nitrogens is 1. The Bertz CT molecular complexity index is 1340. The Hall–Kier alpha value is -3.70. The van der Waals surface area contributed by atoms with Crippen LogP contribution in [0.25, 0.3) is 22.2 Å². The highest BCUT2D eigenvalue weighted by Gasteiger charge is 2.21. The van der Waals surface area contributed by atoms with Crippen molar-refractivity contribution in [3.63, 3.8) is 0 Å². The van der Waals surface area contributed by atoms with E-state index in [1.807, 2.05) is 54.6 Å². The lowest BCUT2D eigenvalue weighted by atomic mass is 9.98. The minimum absolute atomic E-state index is 0.0890. The molecule has 3 aromatic carbocycles. The summed E-state index contributed by atoms with van der Waals surface area (Å²) >= 11 is 0. The first-order chi connectivity index (χ1) is 17.9. The van der Waals surface area contributed by atoms with Crippen molar-refractivity contribution in [2.24, 2.45) is 0 Å². The van der Waals surface area contributed by atoms with Crippen molar-refractivity contribution in [2.45, 2.75) is 39.7 Å². The Kier molecular flexibility index (Phi) is 8.57. The number of nitrogens with zero attached hydrogens (tertiary/aromatic N) is 2. The zero-order chi connectivity index (χ0) is 26.4. The van der Waals surface area contributed by atoms with Crippen molar-refractivity contribution in [2.75, 3.05) is 26.7 Å². The van der Waals surface area contributed by atoms with Crippen molar-refractivity contribution < 1.29 is 9.53 Å². The molecule has 1 heterocycles. The Balaban J connectivity index is 1.65. The number of ether oxygens (including phenoxy) is 1. The SMILES string of the molecule is CCN(CC)[C@@H](CNC(=O)c1cc(-c2cccc(OC)c2)nc2ccccc12)c1ccc(C(C)C)cc1. The first-order valence-electron chi connectivity index (χ1n) is 13.1. The van der Waals surface area contributed by atoms with E-state index in [2.05, 4.69) is 62.2 Å². The van der Waals surface area contributed by atoms with E-state index in [9.17, 15) is 4.79 Å². The molecular weight excluding hydrogens is 458 g/mol. The van der Waals surface area contributed by atoms with Crippen molar-refractivity contribution in [1.29, 1.82) is 0 Å². The second-order valence-corrected chi connectivity index (χ2v) is 9.57. The Morgan fingerprint density at radius 3 is 2.30 bits per heavy atom. The Morgan fingerprint density at radius 2 is 1.62 bits per heavy atom. The molecule has 4 rings (SSSR count). The monoisotopic (exact) mass is 495 g/mol. The number of para-hydroxylation sites is 1. The van der Waals surface area contributed by atoms with Crippen LogP contribution in [0.5, 0.6) is 5.75 Å². The van der Waals surface area contributed by atoms with Gasteiger partial charge in [-0.1, -0.05) is 82.3 Å². The Labute approximate surface area is 220 Å². The van der Waals surface area contributed by atoms with Gasteiger partial charge in [-0.3, -0.25) is 9.69 Å². The van der Waals surface area contributed by atoms with Crippen LogP contribution in [0.1, 0.15) is 61.1 Å². The van der Waals surface area contributed by atoms with Crippen molar-refractivity contribution in [3.05, 3.63) is 95.6 Å². The molecule has 0 spiro atoms. The molecule has 0 aliphatic carbocycles. The standard InChI is InChI=1S/C32H37N3O2/c1-6-35(7-2)31(24-17-15-23(16-18-24)22(3)4)21-33-32(36)28-20-30(25-11-10-12-26(19-25)37-5)34-29-14-9-8-13-27(28)29/h8-20,22,31H,6-7,21H2,1-5H3,(H,33,36)/t31-/m0/s1. The maximum atomic E-state index is 13.7. The minimum atomic E-state index is -0.0984. The van der Waals surface area contributed by atoms with E-state index in [0.717, 1.165) is 41.0 Å². The number of hydrogen-bond donors (Lipinski definition) is 1. The smallest absolute Gasteiger partial charge is 0.252 e. The third-order valence-corrected chi connectivity index (χ3v) is 7.02. The second kappa shape index (κ2) is 12.0. The van der Waals surface area contributed by atoms with E-state index in [0.29, 0.717) is 18.0 Å². The molecule has 0 aliphatic heterocycles. The molecule has 5 nitrogen and oxygen atoms in total. The van der Waals surface area contributed by atoms with Crippen LogP contribution < -0.4 is 10.1 Å². The van der Waals surface area contributed by atoms with Crippen molar-refractivity contribution >= 4 is 16.8 Å². The van der Waals surface area contributed by atoms with E-state index in [-0.39, 0.29) is 11.9 Å². The largest absolute Gasteiger partial charge is 0.497 e. The van der Waals surface area contributed by atoms with Gasteiger partial charge in [-0.15, -0.1) is 0 Å². The number of carbonyl (C=O) groups is 1. The summed E-state index contributed by atoms with van der Waals surface area (Å²) in [6, 6.07) is 26.3. The molecule has 0 saturated carbocycles. The summed E-state index contributed by atoms with van der Waals surface area (Å²) in [5.74, 6) is 1.14. The summed E-state index contributed by atoms with van der Waals surface area (Å²) in [5.41, 5.74) is 5.59. The number of likely N-dealkylation sites (N-methyl/N-ethyl adjacent to an activating group) is 1. The van der Waals surface area contributed by atoms with Gasteiger partial charge in [-0.05, 0) is 54.4 Å². The van der Waals surface area contributed by atoms with E-state index >= 15 is 0 Å². The molecule has 0 unspecified atom stereocenters. The number of amides is 1. The number of rotatable bonds is 10. The van der Waals surface area contributed by atoms with Crippen LogP contribution in [-0.4, -0.2) is 42.5 Å². The van der Waals surface area contributed by atoms with E-state index in [4.69, 9.17) is 9.72 Å². The van der Waals surface area contributed by atoms with Crippen LogP contribution in [0.4, 0.5) is 0 Å². The van der Waals surface area contributed by atoms with Gasteiger partial charge in [0.2, 0.25) is 0 Å². The van der Waals surface area contributed by atoms with Gasteiger partial charge in [0.15, 0.2) is 0 Å². The van der Waals surface area contributed by atoms with Crippen LogP contribution in [0, 0.1) is 0 Å². The minimum Gasteiger partial charge on any atom is -0.497 e. The highest BCUT2D eigenvalue weighted by molar-refractivity contribution is 6.07. The van der Waals surface area contributed by atoms with Gasteiger partial charge in [0.1, 0.15) is 5.75 Å². The summed E-state index contributed by atoms with van der Waals surface area (Å²) in [6.07, 6.45) is 0. The van der Waals surface area contributed by atoms with Gasteiger partial charge in [0, 0.05) is 17.5 Å². The maximum absolute atomic E-state index is 13.7. The van der Waals surface area contributed by atoms with E-state index in [1.165, 1.54) is 11.1 Å². The molecule has 0 bridgehead atoms. The number of benzene rings is 3. The molecule has 0 aliphatic rings. The average molecular weight is 496 g/mol. The second-order valence-electron chi connectivity index (χ2n) is 9.57. The van der Waals surface area contributed by atoms with Crippen LogP contribution in [0.15, 0.2) is 78.9 Å². The van der Waals surface area contributed by atoms with E-state index < -0.39 is 0 Å². The summed E-state index contributed by atoms with van der Waals surface area (Å²) < 4.78 is 5.40. The molecule has 0 fully saturated rings. The molecule has 37 heavy (non-hydrogen) atoms. The van der Waals surface area contributed by atoms with Crippen LogP contribution >= 0.6 is 0 Å². The number of methoxy groups -OCH3 is 1. The number of nitrogens with one attached hydrogen (secondary N) is 1. The molecule has 1 atom stereocenters. The number of carbonyl (C=O) groups excluding carboxylic acids is 1. The number of hydrogen-bond acceptors (Lipinski definition) is 4. The lowest BCUT2D eigenvalue weighted by Crippen LogP contribution is -2.38. The van der Waals surface area contributed by atoms with Crippen LogP contribution in [-0.2, 0) is 0 Å². The lowest BCUT2D eigenvalue weighted by Gasteiger charge is -2.30. The van der Waals surface area contributed by atoms with Crippen LogP contribution in [0.3, 0.4) is 0 Å². The van der Waals surface area contributed by atoms with Gasteiger partial charge in [0.05, 0.1) is 29.9 Å². The zero-order valence-electron chi connectivity index (χ0n) is 22.5. The average Bonchev–Trinajstić information content (AvgIpc) is 2.94. The molecular formula is C32H37N3O2. The first-order valence-corrected chi connectivity index (χ1v) is 13.1. The summed E-state index contributed by atoms with van der Waals surface area (Å²) in [5, 5.41) is 4.08. The molecule has 1 N–H and O–H groups in total. The third kappa shape index (κ3) is 6.00. The molecule has 1 aromatic heterocycles. The number of pyridine rings is 1. The predicted octanol–water partition coefficient (Wildman–Crippen LogP) is 6.85. The van der Waals surface area contributed by atoms with E-state index in [1.54, 1.807) is 7.11 Å². The normalized spacial score (nSPS) is 12.2. The fourth-order valence-electron chi connectivity index (χ4n) is 4.80. The molecule has 0 saturated heterocycles. The zero-order valence-corrected chi connectivity index (χ0v) is 22.5. The predicted molar refractivity (Wildman–Crippen MR) is 152 cm³/mol. The molecule has 1 amide bonds. The molecule has 192 valence electrons. The molecule has 4 aromatic rings. The topological polar surface area (TPSA) is 54.5 Å². The fraction of sp³-hybridized carbons (Fsp3) is 0.312. The van der Waals surface area contributed by atoms with Gasteiger partial charge >= 0.3 is 0 Å². The highest BCUT2D eigenvalue weighted by Crippen LogP contribution is 2.28. The highest BCUT2D eigenvalue weighted by atomic mass is 16.5.